The van der Waals surface area contributed by atoms with Gasteiger partial charge in [0.2, 0.25) is 16.1 Å². The van der Waals surface area contributed by atoms with Crippen LogP contribution in [0.15, 0.2) is 48.5 Å². The summed E-state index contributed by atoms with van der Waals surface area (Å²) < 4.78 is 37.5. The number of nitrogens with one attached hydrogen (secondary N) is 2. The van der Waals surface area contributed by atoms with Gasteiger partial charge in [-0.3, -0.25) is 4.79 Å². The second-order valence-corrected chi connectivity index (χ2v) is 8.18. The summed E-state index contributed by atoms with van der Waals surface area (Å²) in [6, 6.07) is 14.3. The third-order valence-corrected chi connectivity index (χ3v) is 5.64. The minimum atomic E-state index is -3.40. The fourth-order valence-corrected chi connectivity index (χ4v) is 3.67. The van der Waals surface area contributed by atoms with Gasteiger partial charge < -0.3 is 14.8 Å². The molecule has 1 heterocycles. The Morgan fingerprint density at radius 1 is 1.00 bits per heavy atom. The molecule has 0 radical (unpaired) electrons. The van der Waals surface area contributed by atoms with Crippen molar-refractivity contribution in [3.8, 4) is 11.5 Å². The number of ether oxygens (including phenoxy) is 2. The van der Waals surface area contributed by atoms with Crippen LogP contribution in [0.4, 0.5) is 0 Å². The van der Waals surface area contributed by atoms with Crippen LogP contribution in [0.1, 0.15) is 18.1 Å². The third-order valence-electron chi connectivity index (χ3n) is 4.33. The summed E-state index contributed by atoms with van der Waals surface area (Å²) in [7, 11) is -2.03. The van der Waals surface area contributed by atoms with Gasteiger partial charge in [0.15, 0.2) is 11.5 Å². The minimum absolute atomic E-state index is 0.150. The van der Waals surface area contributed by atoms with E-state index < -0.39 is 22.2 Å². The first-order valence-electron chi connectivity index (χ1n) is 8.57. The van der Waals surface area contributed by atoms with Gasteiger partial charge in [0.25, 0.3) is 5.91 Å². The molecule has 27 heavy (non-hydrogen) atoms. The van der Waals surface area contributed by atoms with Crippen molar-refractivity contribution < 1.29 is 22.7 Å². The van der Waals surface area contributed by atoms with Gasteiger partial charge in [-0.15, -0.1) is 0 Å². The van der Waals surface area contributed by atoms with E-state index in [0.717, 1.165) is 5.56 Å². The summed E-state index contributed by atoms with van der Waals surface area (Å²) in [6.45, 7) is 1.97. The summed E-state index contributed by atoms with van der Waals surface area (Å²) in [5.41, 5.74) is 1.36. The molecular formula is C19H22N2O5S. The van der Waals surface area contributed by atoms with Crippen LogP contribution < -0.4 is 19.5 Å². The van der Waals surface area contributed by atoms with E-state index in [1.54, 1.807) is 43.3 Å². The van der Waals surface area contributed by atoms with E-state index in [0.29, 0.717) is 17.1 Å². The Morgan fingerprint density at radius 3 is 2.26 bits per heavy atom. The molecule has 1 aliphatic rings. The van der Waals surface area contributed by atoms with Crippen molar-refractivity contribution in [1.29, 1.82) is 0 Å². The van der Waals surface area contributed by atoms with Crippen molar-refractivity contribution in [2.75, 3.05) is 7.05 Å². The highest BCUT2D eigenvalue weighted by Gasteiger charge is 2.33. The molecule has 2 N–H and O–H groups in total. The van der Waals surface area contributed by atoms with Crippen LogP contribution in [0.3, 0.4) is 0 Å². The van der Waals surface area contributed by atoms with Crippen LogP contribution in [-0.2, 0) is 27.1 Å². The van der Waals surface area contributed by atoms with Crippen LogP contribution in [0, 0.1) is 0 Å². The lowest BCUT2D eigenvalue weighted by atomic mass is 10.1. The first-order valence-corrected chi connectivity index (χ1v) is 10.2. The quantitative estimate of drug-likeness (QED) is 0.781. The van der Waals surface area contributed by atoms with Crippen molar-refractivity contribution in [3.05, 3.63) is 59.7 Å². The molecule has 0 aliphatic carbocycles. The van der Waals surface area contributed by atoms with Crippen molar-refractivity contribution >= 4 is 15.9 Å². The number of rotatable bonds is 6. The molecule has 7 nitrogen and oxygen atoms in total. The van der Waals surface area contributed by atoms with Gasteiger partial charge in [-0.25, -0.2) is 13.1 Å². The van der Waals surface area contributed by atoms with E-state index >= 15 is 0 Å². The molecule has 1 aliphatic heterocycles. The second kappa shape index (κ2) is 7.98. The topological polar surface area (TPSA) is 93.7 Å². The highest BCUT2D eigenvalue weighted by atomic mass is 32.2. The standard InChI is InChI=1S/C19H22N2O5S/c1-13-18(26-17-10-6-5-9-16(17)25-13)19(22)21-11-14-7-3-4-8-15(14)12-27(23,24)20-2/h3-10,13,18,20H,11-12H2,1-2H3,(H,21,22)/t13-,18-/m0/s1. The molecule has 2 atom stereocenters. The van der Waals surface area contributed by atoms with Crippen LogP contribution >= 0.6 is 0 Å². The molecule has 0 spiro atoms. The number of amides is 1. The molecule has 3 rings (SSSR count). The number of hydrogen-bond acceptors (Lipinski definition) is 5. The Kier molecular flexibility index (Phi) is 5.67. The van der Waals surface area contributed by atoms with Gasteiger partial charge in [0.05, 0.1) is 5.75 Å². The molecule has 1 amide bonds. The van der Waals surface area contributed by atoms with Crippen LogP contribution in [0.5, 0.6) is 11.5 Å². The first kappa shape index (κ1) is 19.2. The van der Waals surface area contributed by atoms with E-state index in [-0.39, 0.29) is 18.2 Å². The Balaban J connectivity index is 1.68. The average Bonchev–Trinajstić information content (AvgIpc) is 2.66. The molecule has 144 valence electrons. The summed E-state index contributed by atoms with van der Waals surface area (Å²) in [4.78, 5) is 12.6. The zero-order chi connectivity index (χ0) is 19.4. The lowest BCUT2D eigenvalue weighted by molar-refractivity contribution is -0.133. The fraction of sp³-hybridized carbons (Fsp3) is 0.316. The minimum Gasteiger partial charge on any atom is -0.482 e. The van der Waals surface area contributed by atoms with Crippen molar-refractivity contribution in [2.45, 2.75) is 31.4 Å². The van der Waals surface area contributed by atoms with Gasteiger partial charge in [0.1, 0.15) is 6.10 Å². The molecule has 0 fully saturated rings. The predicted molar refractivity (Wildman–Crippen MR) is 101 cm³/mol. The van der Waals surface area contributed by atoms with Crippen LogP contribution in [-0.4, -0.2) is 33.6 Å². The second-order valence-electron chi connectivity index (χ2n) is 6.26. The molecule has 0 aromatic heterocycles. The predicted octanol–water partition coefficient (Wildman–Crippen LogP) is 1.58. The van der Waals surface area contributed by atoms with E-state index in [1.807, 2.05) is 12.1 Å². The molecule has 0 bridgehead atoms. The number of fused-ring (bicyclic) bond motifs is 1. The lowest BCUT2D eigenvalue weighted by Crippen LogP contribution is -2.48. The number of hydrogen-bond donors (Lipinski definition) is 2. The normalized spacial score (nSPS) is 18.7. The zero-order valence-electron chi connectivity index (χ0n) is 15.1. The Morgan fingerprint density at radius 2 is 1.59 bits per heavy atom. The largest absolute Gasteiger partial charge is 0.482 e. The number of benzene rings is 2. The monoisotopic (exact) mass is 390 g/mol. The van der Waals surface area contributed by atoms with Gasteiger partial charge in [0, 0.05) is 6.54 Å². The first-order chi connectivity index (χ1) is 12.9. The summed E-state index contributed by atoms with van der Waals surface area (Å²) in [5, 5.41) is 2.81. The Hall–Kier alpha value is -2.58. The molecular weight excluding hydrogens is 368 g/mol. The Labute approximate surface area is 158 Å². The van der Waals surface area contributed by atoms with E-state index in [1.165, 1.54) is 7.05 Å². The third kappa shape index (κ3) is 4.58. The van der Waals surface area contributed by atoms with Crippen molar-refractivity contribution in [1.82, 2.24) is 10.0 Å². The maximum atomic E-state index is 12.6. The zero-order valence-corrected chi connectivity index (χ0v) is 16.0. The molecule has 8 heteroatoms. The van der Waals surface area contributed by atoms with Gasteiger partial charge >= 0.3 is 0 Å². The summed E-state index contributed by atoms with van der Waals surface area (Å²) >= 11 is 0. The maximum absolute atomic E-state index is 12.6. The highest BCUT2D eigenvalue weighted by Crippen LogP contribution is 2.33. The van der Waals surface area contributed by atoms with Crippen molar-refractivity contribution in [3.63, 3.8) is 0 Å². The van der Waals surface area contributed by atoms with Crippen LogP contribution in [0.2, 0.25) is 0 Å². The number of carbonyl (C=O) groups excluding carboxylic acids is 1. The molecule has 0 saturated carbocycles. The molecule has 0 unspecified atom stereocenters. The van der Waals surface area contributed by atoms with Gasteiger partial charge in [-0.05, 0) is 37.2 Å². The van der Waals surface area contributed by atoms with E-state index in [9.17, 15) is 13.2 Å². The van der Waals surface area contributed by atoms with Gasteiger partial charge in [-0.2, -0.15) is 0 Å². The lowest BCUT2D eigenvalue weighted by Gasteiger charge is -2.31. The molecule has 0 saturated heterocycles. The highest BCUT2D eigenvalue weighted by molar-refractivity contribution is 7.88. The summed E-state index contributed by atoms with van der Waals surface area (Å²) in [5.74, 6) is 0.666. The van der Waals surface area contributed by atoms with E-state index in [2.05, 4.69) is 10.0 Å². The van der Waals surface area contributed by atoms with Crippen molar-refractivity contribution in [2.24, 2.45) is 0 Å². The SMILES string of the molecule is CNS(=O)(=O)Cc1ccccc1CNC(=O)[C@H]1Oc2ccccc2O[C@H]1C. The van der Waals surface area contributed by atoms with Crippen LogP contribution in [0.25, 0.3) is 0 Å². The number of carbonyl (C=O) groups is 1. The maximum Gasteiger partial charge on any atom is 0.265 e. The molecule has 2 aromatic carbocycles. The smallest absolute Gasteiger partial charge is 0.265 e. The summed E-state index contributed by atoms with van der Waals surface area (Å²) in [6.07, 6.45) is -1.23. The molecule has 2 aromatic rings. The average molecular weight is 390 g/mol. The fourth-order valence-electron chi connectivity index (χ4n) is 2.84. The number of sulfonamides is 1. The van der Waals surface area contributed by atoms with E-state index in [4.69, 9.17) is 9.47 Å². The van der Waals surface area contributed by atoms with Gasteiger partial charge in [-0.1, -0.05) is 36.4 Å². The number of para-hydroxylation sites is 2. The Bertz CT molecular complexity index is 929.